The molecule has 1 rings (SSSR count). The van der Waals surface area contributed by atoms with E-state index in [1.807, 2.05) is 42.1 Å². The Kier molecular flexibility index (Phi) is 10.2. The van der Waals surface area contributed by atoms with E-state index in [1.165, 1.54) is 7.11 Å². The summed E-state index contributed by atoms with van der Waals surface area (Å²) in [5.74, 6) is 0.385. The Bertz CT molecular complexity index is 669. The zero-order chi connectivity index (χ0) is 22.1. The summed E-state index contributed by atoms with van der Waals surface area (Å²) in [6, 6.07) is 5.94. The first-order chi connectivity index (χ1) is 13.7. The number of benzene rings is 1. The molecule has 0 aromatic heterocycles. The number of carbonyl (C=O) groups excluding carboxylic acids is 2. The Hall–Kier alpha value is -2.08. The van der Waals surface area contributed by atoms with E-state index in [1.54, 1.807) is 0 Å². The molecule has 1 aromatic rings. The minimum Gasteiger partial charge on any atom is -0.377 e. The SMILES string of the molecule is CCC(CC)C(=O)N(Cc1cc(NC(=O)COC)ccc1N(C)C)C(C)C(C)C. The van der Waals surface area contributed by atoms with Crippen LogP contribution in [0.15, 0.2) is 18.2 Å². The Morgan fingerprint density at radius 3 is 2.21 bits per heavy atom. The standard InChI is InChI=1S/C23H39N3O3/c1-9-18(10-2)23(28)26(17(5)16(3)4)14-19-13-20(24-22(27)15-29-8)11-12-21(19)25(6)7/h11-13,16-18H,9-10,14-15H2,1-8H3,(H,24,27). The lowest BCUT2D eigenvalue weighted by atomic mass is 9.97. The second kappa shape index (κ2) is 11.8. The largest absolute Gasteiger partial charge is 0.377 e. The van der Waals surface area contributed by atoms with Crippen LogP contribution in [-0.2, 0) is 20.9 Å². The van der Waals surface area contributed by atoms with Crippen molar-refractivity contribution in [2.45, 2.75) is 60.0 Å². The molecular formula is C23H39N3O3. The Morgan fingerprint density at radius 2 is 1.72 bits per heavy atom. The first-order valence-electron chi connectivity index (χ1n) is 10.6. The van der Waals surface area contributed by atoms with Crippen molar-refractivity contribution in [3.8, 4) is 0 Å². The molecule has 29 heavy (non-hydrogen) atoms. The van der Waals surface area contributed by atoms with Gasteiger partial charge in [0.1, 0.15) is 6.61 Å². The van der Waals surface area contributed by atoms with Gasteiger partial charge in [-0.3, -0.25) is 9.59 Å². The monoisotopic (exact) mass is 405 g/mol. The van der Waals surface area contributed by atoms with Gasteiger partial charge in [0.15, 0.2) is 0 Å². The summed E-state index contributed by atoms with van der Waals surface area (Å²) in [4.78, 5) is 29.3. The van der Waals surface area contributed by atoms with Crippen molar-refractivity contribution in [2.24, 2.45) is 11.8 Å². The van der Waals surface area contributed by atoms with Crippen LogP contribution in [0.1, 0.15) is 53.0 Å². The predicted molar refractivity (Wildman–Crippen MR) is 120 cm³/mol. The normalized spacial score (nSPS) is 12.2. The molecule has 0 aliphatic carbocycles. The molecule has 0 heterocycles. The summed E-state index contributed by atoms with van der Waals surface area (Å²) in [6.07, 6.45) is 1.68. The molecule has 164 valence electrons. The summed E-state index contributed by atoms with van der Waals surface area (Å²) >= 11 is 0. The van der Waals surface area contributed by atoms with Gasteiger partial charge in [-0.1, -0.05) is 27.7 Å². The molecule has 1 aromatic carbocycles. The summed E-state index contributed by atoms with van der Waals surface area (Å²) in [5, 5.41) is 2.86. The average molecular weight is 406 g/mol. The summed E-state index contributed by atoms with van der Waals surface area (Å²) in [5.41, 5.74) is 2.75. The van der Waals surface area contributed by atoms with Crippen molar-refractivity contribution >= 4 is 23.2 Å². The molecule has 0 spiro atoms. The molecule has 1 atom stereocenters. The predicted octanol–water partition coefficient (Wildman–Crippen LogP) is 4.15. The number of rotatable bonds is 11. The van der Waals surface area contributed by atoms with Crippen LogP contribution in [0.5, 0.6) is 0 Å². The number of carbonyl (C=O) groups is 2. The fourth-order valence-electron chi connectivity index (χ4n) is 3.39. The van der Waals surface area contributed by atoms with Crippen molar-refractivity contribution in [1.82, 2.24) is 4.90 Å². The van der Waals surface area contributed by atoms with Crippen LogP contribution in [0, 0.1) is 11.8 Å². The lowest BCUT2D eigenvalue weighted by molar-refractivity contribution is -0.139. The number of nitrogens with zero attached hydrogens (tertiary/aromatic N) is 2. The highest BCUT2D eigenvalue weighted by molar-refractivity contribution is 5.92. The van der Waals surface area contributed by atoms with Crippen LogP contribution in [0.25, 0.3) is 0 Å². The van der Waals surface area contributed by atoms with Crippen LogP contribution in [0.3, 0.4) is 0 Å². The van der Waals surface area contributed by atoms with Crippen LogP contribution < -0.4 is 10.2 Å². The minimum atomic E-state index is -0.198. The Balaban J connectivity index is 3.30. The summed E-state index contributed by atoms with van der Waals surface area (Å²) in [7, 11) is 5.47. The van der Waals surface area contributed by atoms with Crippen molar-refractivity contribution in [1.29, 1.82) is 0 Å². The van der Waals surface area contributed by atoms with Crippen molar-refractivity contribution in [2.75, 3.05) is 38.0 Å². The molecular weight excluding hydrogens is 366 g/mol. The first-order valence-corrected chi connectivity index (χ1v) is 10.6. The molecule has 0 fully saturated rings. The van der Waals surface area contributed by atoms with Gasteiger partial charge in [-0.05, 0) is 49.4 Å². The van der Waals surface area contributed by atoms with E-state index in [9.17, 15) is 9.59 Å². The number of ether oxygens (including phenoxy) is 1. The fraction of sp³-hybridized carbons (Fsp3) is 0.652. The second-order valence-corrected chi connectivity index (χ2v) is 8.18. The third-order valence-corrected chi connectivity index (χ3v) is 5.54. The highest BCUT2D eigenvalue weighted by Crippen LogP contribution is 2.28. The average Bonchev–Trinajstić information content (AvgIpc) is 2.66. The molecule has 2 amide bonds. The van der Waals surface area contributed by atoms with Gasteiger partial charge in [-0.15, -0.1) is 0 Å². The number of anilines is 2. The number of methoxy groups -OCH3 is 1. The maximum absolute atomic E-state index is 13.3. The molecule has 0 saturated heterocycles. The third kappa shape index (κ3) is 7.03. The van der Waals surface area contributed by atoms with Gasteiger partial charge in [-0.2, -0.15) is 0 Å². The zero-order valence-corrected chi connectivity index (χ0v) is 19.4. The maximum Gasteiger partial charge on any atom is 0.250 e. The van der Waals surface area contributed by atoms with Crippen LogP contribution in [0.4, 0.5) is 11.4 Å². The molecule has 0 saturated carbocycles. The van der Waals surface area contributed by atoms with E-state index < -0.39 is 0 Å². The zero-order valence-electron chi connectivity index (χ0n) is 19.4. The molecule has 1 N–H and O–H groups in total. The van der Waals surface area contributed by atoms with Crippen molar-refractivity contribution in [3.05, 3.63) is 23.8 Å². The van der Waals surface area contributed by atoms with E-state index in [0.29, 0.717) is 18.2 Å². The Labute approximate surface area is 176 Å². The van der Waals surface area contributed by atoms with E-state index in [-0.39, 0.29) is 30.4 Å². The molecule has 0 aliphatic heterocycles. The van der Waals surface area contributed by atoms with Gasteiger partial charge in [-0.25, -0.2) is 0 Å². The molecule has 0 radical (unpaired) electrons. The lowest BCUT2D eigenvalue weighted by Crippen LogP contribution is -2.44. The highest BCUT2D eigenvalue weighted by Gasteiger charge is 2.28. The van der Waals surface area contributed by atoms with Gasteiger partial charge >= 0.3 is 0 Å². The van der Waals surface area contributed by atoms with Gasteiger partial charge in [0.25, 0.3) is 0 Å². The van der Waals surface area contributed by atoms with Gasteiger partial charge in [0, 0.05) is 51.1 Å². The number of hydrogen-bond acceptors (Lipinski definition) is 4. The number of amides is 2. The first kappa shape index (κ1) is 25.0. The van der Waals surface area contributed by atoms with E-state index in [0.717, 1.165) is 24.1 Å². The quantitative estimate of drug-likeness (QED) is 0.601. The molecule has 1 unspecified atom stereocenters. The topological polar surface area (TPSA) is 61.9 Å². The third-order valence-electron chi connectivity index (χ3n) is 5.54. The van der Waals surface area contributed by atoms with Crippen LogP contribution in [-0.4, -0.2) is 50.6 Å². The highest BCUT2D eigenvalue weighted by atomic mass is 16.5. The van der Waals surface area contributed by atoms with Crippen LogP contribution >= 0.6 is 0 Å². The maximum atomic E-state index is 13.3. The van der Waals surface area contributed by atoms with Gasteiger partial charge < -0.3 is 19.9 Å². The number of hydrogen-bond donors (Lipinski definition) is 1. The number of nitrogens with one attached hydrogen (secondary N) is 1. The van der Waals surface area contributed by atoms with Crippen molar-refractivity contribution in [3.63, 3.8) is 0 Å². The molecule has 6 heteroatoms. The van der Waals surface area contributed by atoms with E-state index in [4.69, 9.17) is 4.74 Å². The molecule has 0 aliphatic rings. The van der Waals surface area contributed by atoms with Crippen molar-refractivity contribution < 1.29 is 14.3 Å². The second-order valence-electron chi connectivity index (χ2n) is 8.18. The summed E-state index contributed by atoms with van der Waals surface area (Å²) in [6.45, 7) is 11.1. The minimum absolute atomic E-state index is 0.00837. The van der Waals surface area contributed by atoms with E-state index in [2.05, 4.69) is 39.9 Å². The summed E-state index contributed by atoms with van der Waals surface area (Å²) < 4.78 is 4.90. The Morgan fingerprint density at radius 1 is 1.10 bits per heavy atom. The molecule has 6 nitrogen and oxygen atoms in total. The van der Waals surface area contributed by atoms with Gasteiger partial charge in [0.05, 0.1) is 0 Å². The smallest absolute Gasteiger partial charge is 0.250 e. The van der Waals surface area contributed by atoms with Gasteiger partial charge in [0.2, 0.25) is 11.8 Å². The molecule has 0 bridgehead atoms. The lowest BCUT2D eigenvalue weighted by Gasteiger charge is -2.35. The van der Waals surface area contributed by atoms with Crippen LogP contribution in [0.2, 0.25) is 0 Å². The van der Waals surface area contributed by atoms with E-state index >= 15 is 0 Å². The fourth-order valence-corrected chi connectivity index (χ4v) is 3.39.